The largest absolute Gasteiger partial charge is 0.503 e. The molecule has 1 N–H and O–H groups in total. The van der Waals surface area contributed by atoms with Gasteiger partial charge in [-0.15, -0.1) is 11.3 Å². The molecule has 1 aliphatic rings. The summed E-state index contributed by atoms with van der Waals surface area (Å²) < 4.78 is 5.53. The van der Waals surface area contributed by atoms with Crippen LogP contribution in [0, 0.1) is 13.8 Å². The summed E-state index contributed by atoms with van der Waals surface area (Å²) >= 11 is 1.27. The zero-order valence-corrected chi connectivity index (χ0v) is 17.7. The summed E-state index contributed by atoms with van der Waals surface area (Å²) in [6, 6.07) is 15.7. The van der Waals surface area contributed by atoms with Gasteiger partial charge >= 0.3 is 0 Å². The van der Waals surface area contributed by atoms with E-state index in [2.05, 4.69) is 0 Å². The van der Waals surface area contributed by atoms with Crippen LogP contribution in [0.25, 0.3) is 0 Å². The van der Waals surface area contributed by atoms with E-state index < -0.39 is 17.7 Å². The molecule has 1 atom stereocenters. The zero-order chi connectivity index (χ0) is 21.4. The number of amides is 1. The number of benzene rings is 2. The van der Waals surface area contributed by atoms with Gasteiger partial charge in [0.15, 0.2) is 5.76 Å². The van der Waals surface area contributed by atoms with E-state index in [1.165, 1.54) is 16.2 Å². The van der Waals surface area contributed by atoms with Gasteiger partial charge < -0.3 is 9.84 Å². The molecule has 0 spiro atoms. The van der Waals surface area contributed by atoms with Gasteiger partial charge in [0.2, 0.25) is 5.78 Å². The van der Waals surface area contributed by atoms with Crippen molar-refractivity contribution in [3.63, 3.8) is 0 Å². The van der Waals surface area contributed by atoms with Crippen LogP contribution in [0.1, 0.15) is 32.4 Å². The Kier molecular flexibility index (Phi) is 5.18. The predicted molar refractivity (Wildman–Crippen MR) is 117 cm³/mol. The Bertz CT molecular complexity index is 1140. The number of carbonyl (C=O) groups is 2. The SMILES string of the molecule is COc1ccccc1C1C(C(=O)c2cccs2)=C(O)C(=O)N1c1cc(C)cc(C)c1. The third-order valence-corrected chi connectivity index (χ3v) is 5.98. The van der Waals surface area contributed by atoms with E-state index in [0.29, 0.717) is 21.9 Å². The van der Waals surface area contributed by atoms with Crippen molar-refractivity contribution >= 4 is 28.7 Å². The standard InChI is InChI=1S/C24H21NO4S/c1-14-11-15(2)13-16(12-14)25-21(17-7-4-5-8-18(17)29-3)20(23(27)24(25)28)22(26)19-9-6-10-30-19/h4-13,21,27H,1-3H3. The average molecular weight is 420 g/mol. The van der Waals surface area contributed by atoms with E-state index in [1.54, 1.807) is 30.7 Å². The first-order valence-corrected chi connectivity index (χ1v) is 10.4. The summed E-state index contributed by atoms with van der Waals surface area (Å²) in [5, 5.41) is 12.6. The van der Waals surface area contributed by atoms with E-state index in [9.17, 15) is 14.7 Å². The summed E-state index contributed by atoms with van der Waals surface area (Å²) in [6.45, 7) is 3.89. The Morgan fingerprint density at radius 1 is 1.07 bits per heavy atom. The fraction of sp³-hybridized carbons (Fsp3) is 0.167. The minimum Gasteiger partial charge on any atom is -0.503 e. The molecular weight excluding hydrogens is 398 g/mol. The van der Waals surface area contributed by atoms with Gasteiger partial charge in [0, 0.05) is 11.3 Å². The molecule has 0 aliphatic carbocycles. The number of Topliss-reactive ketones (excluding diaryl/α,β-unsaturated/α-hetero) is 1. The second-order valence-electron chi connectivity index (χ2n) is 7.23. The van der Waals surface area contributed by atoms with E-state index in [1.807, 2.05) is 50.2 Å². The van der Waals surface area contributed by atoms with Gasteiger partial charge in [-0.1, -0.05) is 30.3 Å². The first-order valence-electron chi connectivity index (χ1n) is 9.48. The number of rotatable bonds is 5. The molecule has 3 aromatic rings. The molecule has 1 unspecified atom stereocenters. The van der Waals surface area contributed by atoms with E-state index in [0.717, 1.165) is 11.1 Å². The minimum absolute atomic E-state index is 0.0612. The molecule has 4 rings (SSSR count). The highest BCUT2D eigenvalue weighted by molar-refractivity contribution is 7.12. The van der Waals surface area contributed by atoms with Crippen molar-refractivity contribution in [3.8, 4) is 5.75 Å². The highest BCUT2D eigenvalue weighted by atomic mass is 32.1. The van der Waals surface area contributed by atoms with Crippen molar-refractivity contribution in [1.82, 2.24) is 0 Å². The predicted octanol–water partition coefficient (Wildman–Crippen LogP) is 5.16. The number of methoxy groups -OCH3 is 1. The monoisotopic (exact) mass is 419 g/mol. The van der Waals surface area contributed by atoms with Crippen LogP contribution in [0.4, 0.5) is 5.69 Å². The number of aliphatic hydroxyl groups excluding tert-OH is 1. The third kappa shape index (κ3) is 3.29. The van der Waals surface area contributed by atoms with Crippen LogP contribution < -0.4 is 9.64 Å². The van der Waals surface area contributed by atoms with Gasteiger partial charge in [0.25, 0.3) is 5.91 Å². The van der Waals surface area contributed by atoms with E-state index in [-0.39, 0.29) is 11.4 Å². The first kappa shape index (κ1) is 19.9. The van der Waals surface area contributed by atoms with Crippen LogP contribution in [-0.2, 0) is 4.79 Å². The molecule has 152 valence electrons. The van der Waals surface area contributed by atoms with Crippen LogP contribution in [-0.4, -0.2) is 23.9 Å². The molecule has 1 amide bonds. The lowest BCUT2D eigenvalue weighted by Gasteiger charge is -2.28. The van der Waals surface area contributed by atoms with Crippen molar-refractivity contribution in [3.05, 3.63) is 92.9 Å². The van der Waals surface area contributed by atoms with Gasteiger partial charge in [-0.3, -0.25) is 14.5 Å². The third-order valence-electron chi connectivity index (χ3n) is 5.12. The fourth-order valence-electron chi connectivity index (χ4n) is 3.92. The van der Waals surface area contributed by atoms with Gasteiger partial charge in [-0.05, 0) is 54.6 Å². The molecule has 30 heavy (non-hydrogen) atoms. The summed E-state index contributed by atoms with van der Waals surface area (Å²) in [5.74, 6) is -0.950. The van der Waals surface area contributed by atoms with Crippen LogP contribution >= 0.6 is 11.3 Å². The van der Waals surface area contributed by atoms with Gasteiger partial charge in [0.1, 0.15) is 5.75 Å². The molecule has 0 saturated carbocycles. The Labute approximate surface area is 178 Å². The van der Waals surface area contributed by atoms with Crippen molar-refractivity contribution in [2.24, 2.45) is 0 Å². The minimum atomic E-state index is -0.801. The summed E-state index contributed by atoms with van der Waals surface area (Å²) in [7, 11) is 1.54. The molecular formula is C24H21NO4S. The quantitative estimate of drug-likeness (QED) is 0.581. The lowest BCUT2D eigenvalue weighted by atomic mass is 9.94. The van der Waals surface area contributed by atoms with Crippen LogP contribution in [0.5, 0.6) is 5.75 Å². The van der Waals surface area contributed by atoms with Gasteiger partial charge in [-0.2, -0.15) is 0 Å². The Hall–Kier alpha value is -3.38. The molecule has 5 nitrogen and oxygen atoms in total. The number of ketones is 1. The number of aliphatic hydroxyl groups is 1. The second-order valence-corrected chi connectivity index (χ2v) is 8.18. The molecule has 1 aromatic heterocycles. The maximum absolute atomic E-state index is 13.3. The van der Waals surface area contributed by atoms with Gasteiger partial charge in [0.05, 0.1) is 23.6 Å². The lowest BCUT2D eigenvalue weighted by molar-refractivity contribution is -0.117. The molecule has 0 radical (unpaired) electrons. The van der Waals surface area contributed by atoms with Crippen molar-refractivity contribution in [1.29, 1.82) is 0 Å². The number of para-hydroxylation sites is 1. The van der Waals surface area contributed by atoms with E-state index >= 15 is 0 Å². The second kappa shape index (κ2) is 7.80. The smallest absolute Gasteiger partial charge is 0.294 e. The highest BCUT2D eigenvalue weighted by Gasteiger charge is 2.45. The van der Waals surface area contributed by atoms with Crippen molar-refractivity contribution in [2.75, 3.05) is 12.0 Å². The molecule has 2 aromatic carbocycles. The Balaban J connectivity index is 1.95. The number of carbonyl (C=O) groups excluding carboxylic acids is 2. The van der Waals surface area contributed by atoms with E-state index in [4.69, 9.17) is 4.74 Å². The maximum atomic E-state index is 13.3. The molecule has 0 saturated heterocycles. The maximum Gasteiger partial charge on any atom is 0.294 e. The molecule has 0 bridgehead atoms. The number of thiophene rings is 1. The van der Waals surface area contributed by atoms with Crippen LogP contribution in [0.2, 0.25) is 0 Å². The Morgan fingerprint density at radius 2 is 1.77 bits per heavy atom. The number of hydrogen-bond donors (Lipinski definition) is 1. The Morgan fingerprint density at radius 3 is 2.40 bits per heavy atom. The summed E-state index contributed by atoms with van der Waals surface area (Å²) in [5.41, 5.74) is 3.28. The molecule has 6 heteroatoms. The number of nitrogens with zero attached hydrogens (tertiary/aromatic N) is 1. The summed E-state index contributed by atoms with van der Waals surface area (Å²) in [4.78, 5) is 28.5. The topological polar surface area (TPSA) is 66.8 Å². The fourth-order valence-corrected chi connectivity index (χ4v) is 4.60. The first-order chi connectivity index (χ1) is 14.4. The van der Waals surface area contributed by atoms with Crippen molar-refractivity contribution < 1.29 is 19.4 Å². The van der Waals surface area contributed by atoms with Crippen LogP contribution in [0.3, 0.4) is 0 Å². The molecule has 2 heterocycles. The van der Waals surface area contributed by atoms with Gasteiger partial charge in [-0.25, -0.2) is 0 Å². The lowest BCUT2D eigenvalue weighted by Crippen LogP contribution is -2.31. The number of ether oxygens (including phenoxy) is 1. The number of anilines is 1. The highest BCUT2D eigenvalue weighted by Crippen LogP contribution is 2.45. The van der Waals surface area contributed by atoms with Crippen LogP contribution in [0.15, 0.2) is 71.3 Å². The number of aryl methyl sites for hydroxylation is 2. The molecule has 0 fully saturated rings. The number of hydrogen-bond acceptors (Lipinski definition) is 5. The zero-order valence-electron chi connectivity index (χ0n) is 16.9. The summed E-state index contributed by atoms with van der Waals surface area (Å²) in [6.07, 6.45) is 0. The average Bonchev–Trinajstić information content (AvgIpc) is 3.34. The molecule has 1 aliphatic heterocycles. The normalized spacial score (nSPS) is 16.3. The van der Waals surface area contributed by atoms with Crippen molar-refractivity contribution in [2.45, 2.75) is 19.9 Å².